The molecule has 3 nitrogen and oxygen atoms in total. The van der Waals surface area contributed by atoms with Crippen LogP contribution in [0.2, 0.25) is 0 Å². The van der Waals surface area contributed by atoms with Crippen molar-refractivity contribution in [2.45, 2.75) is 46.3 Å². The first-order valence-electron chi connectivity index (χ1n) is 7.16. The van der Waals surface area contributed by atoms with Crippen LogP contribution in [0.15, 0.2) is 24.3 Å². The van der Waals surface area contributed by atoms with Gasteiger partial charge >= 0.3 is 0 Å². The molecule has 0 radical (unpaired) electrons. The average Bonchev–Trinajstić information content (AvgIpc) is 2.88. The molecule has 0 atom stereocenters. The molecule has 1 heterocycles. The van der Waals surface area contributed by atoms with E-state index in [2.05, 4.69) is 24.9 Å². The van der Waals surface area contributed by atoms with E-state index in [4.69, 9.17) is 10.5 Å². The Bertz CT molecular complexity index is 551. The molecule has 0 saturated carbocycles. The molecule has 0 aliphatic heterocycles. The van der Waals surface area contributed by atoms with Crippen LogP contribution < -0.4 is 10.5 Å². The molecule has 0 spiro atoms. The summed E-state index contributed by atoms with van der Waals surface area (Å²) in [4.78, 5) is 5.84. The van der Waals surface area contributed by atoms with E-state index in [0.29, 0.717) is 13.2 Å². The third-order valence-electron chi connectivity index (χ3n) is 3.20. The molecule has 20 heavy (non-hydrogen) atoms. The van der Waals surface area contributed by atoms with Gasteiger partial charge in [-0.05, 0) is 24.5 Å². The predicted octanol–water partition coefficient (Wildman–Crippen LogP) is 3.70. The molecule has 2 aromatic rings. The maximum Gasteiger partial charge on any atom is 0.140 e. The van der Waals surface area contributed by atoms with E-state index >= 15 is 0 Å². The summed E-state index contributed by atoms with van der Waals surface area (Å²) in [5.74, 6) is 0.955. The van der Waals surface area contributed by atoms with Crippen molar-refractivity contribution in [3.8, 4) is 5.75 Å². The highest BCUT2D eigenvalue weighted by Gasteiger charge is 2.10. The fourth-order valence-corrected chi connectivity index (χ4v) is 3.07. The molecule has 0 aliphatic carbocycles. The minimum atomic E-state index is 0.526. The van der Waals surface area contributed by atoms with Crippen molar-refractivity contribution < 1.29 is 4.74 Å². The van der Waals surface area contributed by atoms with E-state index in [-0.39, 0.29) is 0 Å². The Morgan fingerprint density at radius 1 is 1.25 bits per heavy atom. The quantitative estimate of drug-likeness (QED) is 0.846. The predicted molar refractivity (Wildman–Crippen MR) is 84.2 cm³/mol. The summed E-state index contributed by atoms with van der Waals surface area (Å²) in [6, 6.07) is 8.17. The number of nitrogens with two attached hydrogens (primary N) is 1. The lowest BCUT2D eigenvalue weighted by Gasteiger charge is -2.08. The number of thiazole rings is 1. The number of hydrogen-bond acceptors (Lipinski definition) is 4. The Morgan fingerprint density at radius 3 is 2.75 bits per heavy atom. The summed E-state index contributed by atoms with van der Waals surface area (Å²) in [6.45, 7) is 5.39. The fourth-order valence-electron chi connectivity index (χ4n) is 2.17. The smallest absolute Gasteiger partial charge is 0.140 e. The van der Waals surface area contributed by atoms with Gasteiger partial charge in [0, 0.05) is 11.4 Å². The molecule has 4 heteroatoms. The minimum absolute atomic E-state index is 0.526. The monoisotopic (exact) mass is 290 g/mol. The lowest BCUT2D eigenvalue weighted by molar-refractivity contribution is 0.302. The lowest BCUT2D eigenvalue weighted by atomic mass is 10.1. The van der Waals surface area contributed by atoms with Gasteiger partial charge in [0.2, 0.25) is 0 Å². The van der Waals surface area contributed by atoms with Crippen molar-refractivity contribution in [1.29, 1.82) is 0 Å². The van der Waals surface area contributed by atoms with Gasteiger partial charge in [0.1, 0.15) is 17.4 Å². The molecule has 108 valence electrons. The topological polar surface area (TPSA) is 48.1 Å². The third-order valence-corrected chi connectivity index (χ3v) is 4.29. The Balaban J connectivity index is 2.07. The van der Waals surface area contributed by atoms with Crippen LogP contribution in [0.4, 0.5) is 0 Å². The first kappa shape index (κ1) is 15.0. The first-order chi connectivity index (χ1) is 9.78. The highest BCUT2D eigenvalue weighted by atomic mass is 32.1. The van der Waals surface area contributed by atoms with Crippen LogP contribution >= 0.6 is 11.3 Å². The Morgan fingerprint density at radius 2 is 2.05 bits per heavy atom. The molecular formula is C16H22N2OS. The standard InChI is InChI=1S/C16H22N2OS/c1-3-7-13-15(10-17)20-16(18-13)11-19-14-9-6-5-8-12(14)4-2/h5-6,8-9H,3-4,7,10-11,17H2,1-2H3. The van der Waals surface area contributed by atoms with E-state index < -0.39 is 0 Å². The van der Waals surface area contributed by atoms with Gasteiger partial charge in [0.05, 0.1) is 5.69 Å². The zero-order chi connectivity index (χ0) is 14.4. The zero-order valence-electron chi connectivity index (χ0n) is 12.2. The van der Waals surface area contributed by atoms with E-state index in [9.17, 15) is 0 Å². The van der Waals surface area contributed by atoms with E-state index in [1.165, 1.54) is 10.4 Å². The number of benzene rings is 1. The maximum absolute atomic E-state index is 5.91. The SMILES string of the molecule is CCCc1nc(COc2ccccc2CC)sc1CN. The Hall–Kier alpha value is -1.39. The molecular weight excluding hydrogens is 268 g/mol. The summed E-state index contributed by atoms with van der Waals surface area (Å²) in [5, 5.41) is 1.01. The van der Waals surface area contributed by atoms with Crippen molar-refractivity contribution in [3.63, 3.8) is 0 Å². The van der Waals surface area contributed by atoms with Gasteiger partial charge in [-0.2, -0.15) is 0 Å². The molecule has 0 aliphatic rings. The van der Waals surface area contributed by atoms with E-state index in [0.717, 1.165) is 35.7 Å². The number of rotatable bonds is 7. The van der Waals surface area contributed by atoms with E-state index in [1.54, 1.807) is 11.3 Å². The van der Waals surface area contributed by atoms with Crippen molar-refractivity contribution >= 4 is 11.3 Å². The van der Waals surface area contributed by atoms with Gasteiger partial charge in [-0.15, -0.1) is 11.3 Å². The number of hydrogen-bond donors (Lipinski definition) is 1. The van der Waals surface area contributed by atoms with Crippen LogP contribution in [-0.2, 0) is 26.0 Å². The van der Waals surface area contributed by atoms with Gasteiger partial charge in [0.15, 0.2) is 0 Å². The highest BCUT2D eigenvalue weighted by Crippen LogP contribution is 2.23. The van der Waals surface area contributed by atoms with Crippen LogP contribution in [-0.4, -0.2) is 4.98 Å². The molecule has 0 fully saturated rings. The zero-order valence-corrected chi connectivity index (χ0v) is 13.0. The fraction of sp³-hybridized carbons (Fsp3) is 0.438. The number of nitrogens with zero attached hydrogens (tertiary/aromatic N) is 1. The Kier molecular flexibility index (Phi) is 5.56. The first-order valence-corrected chi connectivity index (χ1v) is 7.98. The van der Waals surface area contributed by atoms with Crippen LogP contribution in [0.5, 0.6) is 5.75 Å². The van der Waals surface area contributed by atoms with Crippen LogP contribution in [0.1, 0.15) is 41.4 Å². The van der Waals surface area contributed by atoms with Crippen molar-refractivity contribution in [3.05, 3.63) is 45.4 Å². The second-order valence-electron chi connectivity index (χ2n) is 4.68. The molecule has 1 aromatic heterocycles. The number of aryl methyl sites for hydroxylation is 2. The summed E-state index contributed by atoms with van der Waals surface area (Å²) < 4.78 is 5.91. The van der Waals surface area contributed by atoms with Gasteiger partial charge in [-0.1, -0.05) is 38.5 Å². The summed E-state index contributed by atoms with van der Waals surface area (Å²) >= 11 is 1.67. The molecule has 2 N–H and O–H groups in total. The largest absolute Gasteiger partial charge is 0.486 e. The Labute approximate surface area is 124 Å². The van der Waals surface area contributed by atoms with Crippen molar-refractivity contribution in [2.24, 2.45) is 5.73 Å². The lowest BCUT2D eigenvalue weighted by Crippen LogP contribution is -1.99. The second kappa shape index (κ2) is 7.41. The van der Waals surface area contributed by atoms with Crippen molar-refractivity contribution in [2.75, 3.05) is 0 Å². The van der Waals surface area contributed by atoms with Crippen molar-refractivity contribution in [1.82, 2.24) is 4.98 Å². The summed E-state index contributed by atoms with van der Waals surface area (Å²) in [7, 11) is 0. The normalized spacial score (nSPS) is 10.8. The minimum Gasteiger partial charge on any atom is -0.486 e. The molecule has 0 amide bonds. The van der Waals surface area contributed by atoms with Crippen LogP contribution in [0, 0.1) is 0 Å². The number of aromatic nitrogens is 1. The second-order valence-corrected chi connectivity index (χ2v) is 5.85. The van der Waals surface area contributed by atoms with Crippen LogP contribution in [0.3, 0.4) is 0 Å². The maximum atomic E-state index is 5.91. The molecule has 0 unspecified atom stereocenters. The molecule has 0 bridgehead atoms. The third kappa shape index (κ3) is 3.58. The van der Waals surface area contributed by atoms with Gasteiger partial charge < -0.3 is 10.5 Å². The average molecular weight is 290 g/mol. The summed E-state index contributed by atoms with van der Waals surface area (Å²) in [5.41, 5.74) is 8.15. The van der Waals surface area contributed by atoms with E-state index in [1.807, 2.05) is 18.2 Å². The van der Waals surface area contributed by atoms with Gasteiger partial charge in [0.25, 0.3) is 0 Å². The molecule has 1 aromatic carbocycles. The number of ether oxygens (including phenoxy) is 1. The van der Waals surface area contributed by atoms with Gasteiger partial charge in [-0.25, -0.2) is 4.98 Å². The van der Waals surface area contributed by atoms with Gasteiger partial charge in [-0.3, -0.25) is 0 Å². The molecule has 0 saturated heterocycles. The molecule has 2 rings (SSSR count). The highest BCUT2D eigenvalue weighted by molar-refractivity contribution is 7.11. The number of para-hydroxylation sites is 1. The summed E-state index contributed by atoms with van der Waals surface area (Å²) in [6.07, 6.45) is 3.06. The van der Waals surface area contributed by atoms with Crippen LogP contribution in [0.25, 0.3) is 0 Å².